The van der Waals surface area contributed by atoms with Crippen LogP contribution in [0, 0.1) is 0 Å². The second-order valence-electron chi connectivity index (χ2n) is 3.56. The van der Waals surface area contributed by atoms with Crippen LogP contribution < -0.4 is 5.32 Å². The van der Waals surface area contributed by atoms with Crippen molar-refractivity contribution in [2.45, 2.75) is 11.8 Å². The van der Waals surface area contributed by atoms with Crippen molar-refractivity contribution in [2.24, 2.45) is 0 Å². The number of amides is 1. The van der Waals surface area contributed by atoms with Gasteiger partial charge in [-0.2, -0.15) is 0 Å². The number of sulfone groups is 1. The second kappa shape index (κ2) is 8.19. The molecule has 0 unspecified atom stereocenters. The number of carbonyl (C=O) groups is 1. The van der Waals surface area contributed by atoms with Gasteiger partial charge in [-0.15, -0.1) is 4.33 Å². The maximum absolute atomic E-state index is 12.0. The van der Waals surface area contributed by atoms with Gasteiger partial charge in [-0.3, -0.25) is 8.98 Å². The first-order chi connectivity index (χ1) is 9.45. The van der Waals surface area contributed by atoms with Crippen LogP contribution in [0.1, 0.15) is 6.92 Å². The molecule has 0 aliphatic rings. The van der Waals surface area contributed by atoms with Crippen molar-refractivity contribution in [3.8, 4) is 0 Å². The van der Waals surface area contributed by atoms with E-state index in [-0.39, 0.29) is 23.2 Å². The Balaban J connectivity index is 2.65. The van der Waals surface area contributed by atoms with Crippen LogP contribution >= 0.6 is 12.3 Å². The fourth-order valence-corrected chi connectivity index (χ4v) is 2.75. The van der Waals surface area contributed by atoms with Gasteiger partial charge >= 0.3 is 0 Å². The molecule has 0 aliphatic carbocycles. The van der Waals surface area contributed by atoms with Gasteiger partial charge in [-0.05, 0) is 18.2 Å². The van der Waals surface area contributed by atoms with Crippen LogP contribution in [0.15, 0.2) is 29.2 Å². The van der Waals surface area contributed by atoms with E-state index in [1.807, 2.05) is 0 Å². The number of carbonyl (C=O) groups excluding carboxylic acids is 1. The number of anilines is 1. The molecule has 2 N–H and O–H groups in total. The molecule has 0 saturated carbocycles. The van der Waals surface area contributed by atoms with Crippen molar-refractivity contribution >= 4 is 33.8 Å². The molecule has 0 fully saturated rings. The summed E-state index contributed by atoms with van der Waals surface area (Å²) in [4.78, 5) is 11.0. The van der Waals surface area contributed by atoms with Gasteiger partial charge in [-0.25, -0.2) is 13.7 Å². The lowest BCUT2D eigenvalue weighted by molar-refractivity contribution is -0.434. The molecule has 1 aromatic carbocycles. The zero-order chi connectivity index (χ0) is 15.0. The van der Waals surface area contributed by atoms with E-state index in [4.69, 9.17) is 5.26 Å². The average Bonchev–Trinajstić information content (AvgIpc) is 2.38. The molecule has 0 heterocycles. The topological polar surface area (TPSA) is 111 Å². The lowest BCUT2D eigenvalue weighted by Gasteiger charge is -2.07. The first-order valence-corrected chi connectivity index (χ1v) is 7.64. The van der Waals surface area contributed by atoms with Gasteiger partial charge in [0, 0.05) is 12.6 Å². The number of benzene rings is 1. The van der Waals surface area contributed by atoms with Gasteiger partial charge in [0.25, 0.3) is 0 Å². The predicted octanol–water partition coefficient (Wildman–Crippen LogP) is 1.42. The van der Waals surface area contributed by atoms with Crippen LogP contribution in [0.5, 0.6) is 0 Å². The maximum Gasteiger partial charge on any atom is 0.221 e. The third-order valence-electron chi connectivity index (χ3n) is 2.06. The van der Waals surface area contributed by atoms with Gasteiger partial charge in [0.15, 0.2) is 22.2 Å². The molecule has 20 heavy (non-hydrogen) atoms. The van der Waals surface area contributed by atoms with Crippen molar-refractivity contribution in [3.05, 3.63) is 24.3 Å². The summed E-state index contributed by atoms with van der Waals surface area (Å²) in [7, 11) is -3.55. The second-order valence-corrected chi connectivity index (χ2v) is 6.18. The van der Waals surface area contributed by atoms with Gasteiger partial charge in [0.1, 0.15) is 0 Å². The van der Waals surface area contributed by atoms with Gasteiger partial charge in [-0.1, -0.05) is 11.1 Å². The minimum Gasteiger partial charge on any atom is -0.326 e. The van der Waals surface area contributed by atoms with E-state index in [1.54, 1.807) is 6.07 Å². The molecular weight excluding hydrogens is 310 g/mol. The smallest absolute Gasteiger partial charge is 0.221 e. The van der Waals surface area contributed by atoms with Crippen molar-refractivity contribution in [3.63, 3.8) is 0 Å². The highest BCUT2D eigenvalue weighted by Crippen LogP contribution is 2.17. The van der Waals surface area contributed by atoms with E-state index in [2.05, 4.69) is 18.9 Å². The van der Waals surface area contributed by atoms with Crippen molar-refractivity contribution in [1.82, 2.24) is 0 Å². The van der Waals surface area contributed by atoms with Crippen LogP contribution in [0.2, 0.25) is 0 Å². The van der Waals surface area contributed by atoms with E-state index in [0.717, 1.165) is 0 Å². The van der Waals surface area contributed by atoms with Crippen molar-refractivity contribution < 1.29 is 32.0 Å². The Kier molecular flexibility index (Phi) is 6.91. The van der Waals surface area contributed by atoms with E-state index in [1.165, 1.54) is 25.1 Å². The molecule has 1 rings (SSSR count). The highest BCUT2D eigenvalue weighted by Gasteiger charge is 2.15. The zero-order valence-electron chi connectivity index (χ0n) is 10.4. The fraction of sp³-hybridized carbons (Fsp3) is 0.300. The van der Waals surface area contributed by atoms with E-state index >= 15 is 0 Å². The standard InChI is InChI=1S/C10H13NO7S2/c1-8(12)11-9-3-2-4-10(7-9)20(14,15)6-5-16-19-18-17-13/h2-4,7,13H,5-6H2,1H3,(H,11,12). The Morgan fingerprint density at radius 3 is 2.85 bits per heavy atom. The van der Waals surface area contributed by atoms with Crippen LogP contribution in [-0.2, 0) is 28.2 Å². The molecule has 1 aromatic rings. The van der Waals surface area contributed by atoms with E-state index < -0.39 is 9.84 Å². The first-order valence-electron chi connectivity index (χ1n) is 5.32. The predicted molar refractivity (Wildman–Crippen MR) is 71.1 cm³/mol. The molecule has 0 saturated heterocycles. The number of nitrogens with one attached hydrogen (secondary N) is 1. The molecule has 0 spiro atoms. The van der Waals surface area contributed by atoms with Crippen molar-refractivity contribution in [2.75, 3.05) is 17.7 Å². The first kappa shape index (κ1) is 16.9. The Morgan fingerprint density at radius 2 is 2.20 bits per heavy atom. The lowest BCUT2D eigenvalue weighted by Crippen LogP contribution is -2.12. The highest BCUT2D eigenvalue weighted by atomic mass is 32.2. The molecule has 1 amide bonds. The summed E-state index contributed by atoms with van der Waals surface area (Å²) in [5, 5.41) is 13.6. The van der Waals surface area contributed by atoms with E-state index in [9.17, 15) is 13.2 Å². The van der Waals surface area contributed by atoms with Crippen LogP contribution in [0.4, 0.5) is 5.69 Å². The molecule has 0 atom stereocenters. The Labute approximate surface area is 120 Å². The summed E-state index contributed by atoms with van der Waals surface area (Å²) in [5.41, 5.74) is 0.394. The lowest BCUT2D eigenvalue weighted by atomic mass is 10.3. The molecule has 0 aromatic heterocycles. The summed E-state index contributed by atoms with van der Waals surface area (Å²) >= 11 is 0.307. The molecule has 112 valence electrons. The fourth-order valence-electron chi connectivity index (χ4n) is 1.30. The van der Waals surface area contributed by atoms with Gasteiger partial charge < -0.3 is 5.32 Å². The van der Waals surface area contributed by atoms with Crippen LogP contribution in [0.3, 0.4) is 0 Å². The summed E-state index contributed by atoms with van der Waals surface area (Å²) in [5.74, 6) is -0.585. The number of hydrogen-bond donors (Lipinski definition) is 2. The maximum atomic E-state index is 12.0. The molecule has 10 heteroatoms. The quantitative estimate of drug-likeness (QED) is 0.320. The molecule has 0 aliphatic heterocycles. The highest BCUT2D eigenvalue weighted by molar-refractivity contribution is 7.91. The summed E-state index contributed by atoms with van der Waals surface area (Å²) in [6.07, 6.45) is 0. The van der Waals surface area contributed by atoms with Crippen molar-refractivity contribution in [1.29, 1.82) is 0 Å². The monoisotopic (exact) mass is 323 g/mol. The summed E-state index contributed by atoms with van der Waals surface area (Å²) < 4.78 is 32.6. The molecular formula is C10H13NO7S2. The largest absolute Gasteiger partial charge is 0.326 e. The molecule has 0 bridgehead atoms. The Hall–Kier alpha value is -1.17. The molecule has 8 nitrogen and oxygen atoms in total. The third kappa shape index (κ3) is 5.86. The third-order valence-corrected chi connectivity index (χ3v) is 4.11. The normalized spacial score (nSPS) is 11.3. The zero-order valence-corrected chi connectivity index (χ0v) is 12.1. The van der Waals surface area contributed by atoms with Crippen LogP contribution in [0.25, 0.3) is 0 Å². The Morgan fingerprint density at radius 1 is 1.45 bits per heavy atom. The Bertz CT molecular complexity index is 546. The van der Waals surface area contributed by atoms with Gasteiger partial charge in [0.05, 0.1) is 17.3 Å². The summed E-state index contributed by atoms with van der Waals surface area (Å²) in [6.45, 7) is 1.16. The van der Waals surface area contributed by atoms with Gasteiger partial charge in [0.2, 0.25) is 5.91 Å². The SMILES string of the molecule is CC(=O)Nc1cccc(S(=O)(=O)CCOSOOO)c1. The number of hydrogen-bond acceptors (Lipinski definition) is 8. The number of rotatable bonds is 8. The average molecular weight is 323 g/mol. The van der Waals surface area contributed by atoms with Crippen LogP contribution in [-0.4, -0.2) is 31.9 Å². The van der Waals surface area contributed by atoms with E-state index in [0.29, 0.717) is 18.0 Å². The minimum atomic E-state index is -3.55. The molecule has 0 radical (unpaired) electrons. The minimum absolute atomic E-state index is 0.0664. The summed E-state index contributed by atoms with van der Waals surface area (Å²) in [6, 6.07) is 5.88.